The third kappa shape index (κ3) is 6.75. The van der Waals surface area contributed by atoms with E-state index in [2.05, 4.69) is 20.3 Å². The van der Waals surface area contributed by atoms with Crippen molar-refractivity contribution in [3.8, 4) is 0 Å². The Balaban J connectivity index is 1.85. The van der Waals surface area contributed by atoms with E-state index in [1.807, 2.05) is 6.92 Å². The number of benzene rings is 1. The first-order valence-corrected chi connectivity index (χ1v) is 10.7. The Hall–Kier alpha value is -1.35. The van der Waals surface area contributed by atoms with Crippen molar-refractivity contribution in [2.45, 2.75) is 49.6 Å². The Morgan fingerprint density at radius 1 is 1.31 bits per heavy atom. The van der Waals surface area contributed by atoms with Gasteiger partial charge in [0.25, 0.3) is 0 Å². The molecule has 2 rings (SSSR count). The van der Waals surface area contributed by atoms with E-state index in [1.165, 1.54) is 12.1 Å². The summed E-state index contributed by atoms with van der Waals surface area (Å²) < 4.78 is 27.0. The Labute approximate surface area is 160 Å². The van der Waals surface area contributed by atoms with Gasteiger partial charge in [0.05, 0.1) is 17.5 Å². The van der Waals surface area contributed by atoms with Crippen LogP contribution < -0.4 is 15.4 Å². The summed E-state index contributed by atoms with van der Waals surface area (Å²) in [5.74, 6) is 0.663. The molecule has 0 saturated heterocycles. The summed E-state index contributed by atoms with van der Waals surface area (Å²) in [4.78, 5) is 4.56. The van der Waals surface area contributed by atoms with Crippen molar-refractivity contribution < 1.29 is 13.5 Å². The molecule has 0 radical (unpaired) electrons. The minimum atomic E-state index is -3.60. The summed E-state index contributed by atoms with van der Waals surface area (Å²) in [6.45, 7) is 3.19. The van der Waals surface area contributed by atoms with Crippen LogP contribution in [0.2, 0.25) is 5.02 Å². The second kappa shape index (κ2) is 10.1. The molecule has 0 aromatic heterocycles. The van der Waals surface area contributed by atoms with Crippen LogP contribution in [0.1, 0.15) is 32.6 Å². The number of guanidine groups is 1. The van der Waals surface area contributed by atoms with E-state index < -0.39 is 10.0 Å². The van der Waals surface area contributed by atoms with Gasteiger partial charge < -0.3 is 15.7 Å². The van der Waals surface area contributed by atoms with Crippen LogP contribution in [0.3, 0.4) is 0 Å². The highest BCUT2D eigenvalue weighted by atomic mass is 35.5. The minimum absolute atomic E-state index is 0.139. The number of hydrogen-bond acceptors (Lipinski definition) is 4. The number of nitrogens with one attached hydrogen (secondary N) is 3. The van der Waals surface area contributed by atoms with Gasteiger partial charge in [-0.15, -0.1) is 0 Å². The Morgan fingerprint density at radius 2 is 2.04 bits per heavy atom. The molecule has 1 aromatic carbocycles. The predicted octanol–water partition coefficient (Wildman–Crippen LogP) is 1.48. The van der Waals surface area contributed by atoms with Gasteiger partial charge in [-0.05, 0) is 50.8 Å². The number of nitrogens with zero attached hydrogens (tertiary/aromatic N) is 1. The third-order valence-electron chi connectivity index (χ3n) is 4.16. The lowest BCUT2D eigenvalue weighted by Crippen LogP contribution is -2.45. The zero-order valence-corrected chi connectivity index (χ0v) is 16.5. The van der Waals surface area contributed by atoms with E-state index in [1.54, 1.807) is 12.1 Å². The number of aliphatic imine (C=N–C) groups is 1. The number of aliphatic hydroxyl groups is 1. The van der Waals surface area contributed by atoms with E-state index in [0.717, 1.165) is 32.2 Å². The number of hydrogen-bond donors (Lipinski definition) is 4. The van der Waals surface area contributed by atoms with Crippen molar-refractivity contribution in [2.75, 3.05) is 19.6 Å². The molecule has 0 amide bonds. The van der Waals surface area contributed by atoms with Crippen LogP contribution in [0.4, 0.5) is 0 Å². The van der Waals surface area contributed by atoms with Gasteiger partial charge in [-0.3, -0.25) is 4.99 Å². The van der Waals surface area contributed by atoms with Crippen LogP contribution >= 0.6 is 11.6 Å². The lowest BCUT2D eigenvalue weighted by molar-refractivity contribution is 0.120. The molecule has 7 nitrogen and oxygen atoms in total. The first-order valence-electron chi connectivity index (χ1n) is 8.89. The molecule has 0 unspecified atom stereocenters. The van der Waals surface area contributed by atoms with Crippen molar-refractivity contribution in [3.63, 3.8) is 0 Å². The predicted molar refractivity (Wildman–Crippen MR) is 104 cm³/mol. The number of rotatable bonds is 7. The molecule has 26 heavy (non-hydrogen) atoms. The fourth-order valence-electron chi connectivity index (χ4n) is 2.80. The maximum atomic E-state index is 12.2. The van der Waals surface area contributed by atoms with Gasteiger partial charge >= 0.3 is 0 Å². The molecule has 1 fully saturated rings. The topological polar surface area (TPSA) is 103 Å². The van der Waals surface area contributed by atoms with Gasteiger partial charge in [-0.25, -0.2) is 13.1 Å². The van der Waals surface area contributed by atoms with Crippen molar-refractivity contribution in [3.05, 3.63) is 29.3 Å². The van der Waals surface area contributed by atoms with Crippen molar-refractivity contribution in [2.24, 2.45) is 4.99 Å². The van der Waals surface area contributed by atoms with Gasteiger partial charge in [0, 0.05) is 24.2 Å². The van der Waals surface area contributed by atoms with Crippen molar-refractivity contribution in [1.82, 2.24) is 15.4 Å². The minimum Gasteiger partial charge on any atom is -0.393 e. The quantitative estimate of drug-likeness (QED) is 0.314. The molecule has 0 aliphatic heterocycles. The molecule has 1 saturated carbocycles. The molecule has 0 bridgehead atoms. The number of aliphatic hydroxyl groups excluding tert-OH is 1. The molecular weight excluding hydrogens is 376 g/mol. The lowest BCUT2D eigenvalue weighted by atomic mass is 9.93. The maximum absolute atomic E-state index is 12.2. The zero-order valence-electron chi connectivity index (χ0n) is 14.9. The normalized spacial score (nSPS) is 21.4. The molecule has 4 N–H and O–H groups in total. The first kappa shape index (κ1) is 21.0. The molecular formula is C17H27ClN4O3S. The van der Waals surface area contributed by atoms with E-state index in [0.29, 0.717) is 17.5 Å². The molecule has 1 aliphatic rings. The second-order valence-corrected chi connectivity index (χ2v) is 8.47. The summed E-state index contributed by atoms with van der Waals surface area (Å²) in [6.07, 6.45) is 3.17. The summed E-state index contributed by atoms with van der Waals surface area (Å²) in [5.41, 5.74) is 0. The summed E-state index contributed by atoms with van der Waals surface area (Å²) in [5, 5.41) is 16.5. The fourth-order valence-corrected chi connectivity index (χ4v) is 4.12. The number of sulfonamides is 1. The summed E-state index contributed by atoms with van der Waals surface area (Å²) in [6, 6.07) is 6.42. The summed E-state index contributed by atoms with van der Waals surface area (Å²) in [7, 11) is -3.60. The lowest BCUT2D eigenvalue weighted by Gasteiger charge is -2.27. The van der Waals surface area contributed by atoms with Gasteiger partial charge in [-0.2, -0.15) is 0 Å². The number of halogens is 1. The van der Waals surface area contributed by atoms with Gasteiger partial charge in [0.1, 0.15) is 0 Å². The molecule has 1 aliphatic carbocycles. The maximum Gasteiger partial charge on any atom is 0.240 e. The Kier molecular flexibility index (Phi) is 8.15. The van der Waals surface area contributed by atoms with Crippen LogP contribution in [0.5, 0.6) is 0 Å². The van der Waals surface area contributed by atoms with E-state index in [9.17, 15) is 13.5 Å². The third-order valence-corrected chi connectivity index (χ3v) is 5.86. The van der Waals surface area contributed by atoms with E-state index >= 15 is 0 Å². The van der Waals surface area contributed by atoms with Crippen LogP contribution in [0.25, 0.3) is 0 Å². The molecule has 1 aromatic rings. The van der Waals surface area contributed by atoms with Crippen LogP contribution in [-0.2, 0) is 10.0 Å². The smallest absolute Gasteiger partial charge is 0.240 e. The Morgan fingerprint density at radius 3 is 2.69 bits per heavy atom. The first-order chi connectivity index (χ1) is 12.4. The Bertz CT molecular complexity index is 704. The van der Waals surface area contributed by atoms with Gasteiger partial charge in [0.2, 0.25) is 10.0 Å². The molecule has 0 heterocycles. The van der Waals surface area contributed by atoms with Crippen molar-refractivity contribution >= 4 is 27.6 Å². The fraction of sp³-hybridized carbons (Fsp3) is 0.588. The average molecular weight is 403 g/mol. The summed E-state index contributed by atoms with van der Waals surface area (Å²) >= 11 is 5.84. The highest BCUT2D eigenvalue weighted by molar-refractivity contribution is 7.89. The monoisotopic (exact) mass is 402 g/mol. The zero-order chi connectivity index (χ0) is 19.0. The average Bonchev–Trinajstić information content (AvgIpc) is 2.61. The van der Waals surface area contributed by atoms with Gasteiger partial charge in [0.15, 0.2) is 5.96 Å². The van der Waals surface area contributed by atoms with Crippen LogP contribution in [-0.4, -0.2) is 51.3 Å². The molecule has 0 spiro atoms. The van der Waals surface area contributed by atoms with Crippen LogP contribution in [0.15, 0.2) is 34.2 Å². The van der Waals surface area contributed by atoms with Crippen LogP contribution in [0, 0.1) is 0 Å². The SMILES string of the molecule is CCNC(=NCCNS(=O)(=O)c1cccc(Cl)c1)NC1CCC(O)CC1. The van der Waals surface area contributed by atoms with E-state index in [4.69, 9.17) is 11.6 Å². The van der Waals surface area contributed by atoms with Gasteiger partial charge in [-0.1, -0.05) is 17.7 Å². The molecule has 9 heteroatoms. The highest BCUT2D eigenvalue weighted by Gasteiger charge is 2.20. The van der Waals surface area contributed by atoms with E-state index in [-0.39, 0.29) is 23.6 Å². The molecule has 146 valence electrons. The highest BCUT2D eigenvalue weighted by Crippen LogP contribution is 2.18. The largest absolute Gasteiger partial charge is 0.393 e. The van der Waals surface area contributed by atoms with Crippen molar-refractivity contribution in [1.29, 1.82) is 0 Å². The molecule has 0 atom stereocenters. The standard InChI is InChI=1S/C17H27ClN4O3S/c1-2-19-17(22-14-6-8-15(23)9-7-14)20-10-11-21-26(24,25)16-5-3-4-13(18)12-16/h3-5,12,14-15,21,23H,2,6-11H2,1H3,(H2,19,20,22). The second-order valence-electron chi connectivity index (χ2n) is 6.27.